The molecule has 13 aromatic rings. The van der Waals surface area contributed by atoms with Crippen LogP contribution in [0.5, 0.6) is 0 Å². The van der Waals surface area contributed by atoms with Gasteiger partial charge in [0.1, 0.15) is 11.2 Å². The number of hydrogen-bond donors (Lipinski definition) is 0. The molecule has 3 aromatic heterocycles. The lowest BCUT2D eigenvalue weighted by Crippen LogP contribution is -2.12. The number of hydrogen-bond acceptors (Lipinski definition) is 3. The average molecular weight is 849 g/mol. The fourth-order valence-electron chi connectivity index (χ4n) is 10.2. The van der Waals surface area contributed by atoms with Crippen LogP contribution in [-0.4, -0.2) is 4.57 Å². The molecule has 0 bridgehead atoms. The summed E-state index contributed by atoms with van der Waals surface area (Å²) < 4.78 is 12.1. The first-order valence-corrected chi connectivity index (χ1v) is 23.0. The highest BCUT2D eigenvalue weighted by atomic mass is 32.1. The Kier molecular flexibility index (Phi) is 8.62. The monoisotopic (exact) mass is 848 g/mol. The van der Waals surface area contributed by atoms with Crippen molar-refractivity contribution < 1.29 is 4.42 Å². The quantitative estimate of drug-likeness (QED) is 0.159. The van der Waals surface area contributed by atoms with E-state index in [0.29, 0.717) is 0 Å². The van der Waals surface area contributed by atoms with Crippen LogP contribution in [0.1, 0.15) is 5.56 Å². The number of para-hydroxylation sites is 4. The van der Waals surface area contributed by atoms with Crippen LogP contribution in [0.15, 0.2) is 229 Å². The second-order valence-electron chi connectivity index (χ2n) is 16.9. The van der Waals surface area contributed by atoms with Crippen LogP contribution in [0.25, 0.3) is 103 Å². The Hall–Kier alpha value is -8.18. The molecule has 0 atom stereocenters. The number of rotatable bonds is 7. The third-order valence-corrected chi connectivity index (χ3v) is 14.4. The lowest BCUT2D eigenvalue weighted by molar-refractivity contribution is 0.670. The summed E-state index contributed by atoms with van der Waals surface area (Å²) in [6.45, 7) is 2.23. The molecular weight excluding hydrogens is 809 g/mol. The van der Waals surface area contributed by atoms with Crippen LogP contribution >= 0.6 is 11.3 Å². The van der Waals surface area contributed by atoms with Crippen molar-refractivity contribution >= 4 is 92.3 Å². The first kappa shape index (κ1) is 37.4. The maximum atomic E-state index is 7.06. The van der Waals surface area contributed by atoms with E-state index in [1.165, 1.54) is 69.8 Å². The lowest BCUT2D eigenvalue weighted by atomic mass is 9.97. The van der Waals surface area contributed by atoms with E-state index in [9.17, 15) is 0 Å². The fourth-order valence-corrected chi connectivity index (χ4v) is 11.4. The molecule has 306 valence electrons. The van der Waals surface area contributed by atoms with Gasteiger partial charge < -0.3 is 13.9 Å². The maximum Gasteiger partial charge on any atom is 0.145 e. The third kappa shape index (κ3) is 5.95. The Morgan fingerprint density at radius 2 is 1.05 bits per heavy atom. The normalized spacial score (nSPS) is 11.8. The molecule has 3 heterocycles. The summed E-state index contributed by atoms with van der Waals surface area (Å²) in [4.78, 5) is 2.43. The predicted octanol–water partition coefficient (Wildman–Crippen LogP) is 17.8. The Labute approximate surface area is 380 Å². The first-order valence-electron chi connectivity index (χ1n) is 22.2. The van der Waals surface area contributed by atoms with Crippen molar-refractivity contribution in [2.45, 2.75) is 6.92 Å². The van der Waals surface area contributed by atoms with Crippen LogP contribution in [-0.2, 0) is 0 Å². The number of furan rings is 1. The van der Waals surface area contributed by atoms with Gasteiger partial charge in [0.25, 0.3) is 0 Å². The first-order chi connectivity index (χ1) is 32.2. The van der Waals surface area contributed by atoms with Crippen molar-refractivity contribution in [3.63, 3.8) is 0 Å². The minimum atomic E-state index is 0.855. The van der Waals surface area contributed by atoms with Gasteiger partial charge in [0.2, 0.25) is 0 Å². The average Bonchev–Trinajstić information content (AvgIpc) is 4.05. The van der Waals surface area contributed by atoms with Gasteiger partial charge in [-0.25, -0.2) is 0 Å². The lowest BCUT2D eigenvalue weighted by Gasteiger charge is -2.29. The highest BCUT2D eigenvalue weighted by molar-refractivity contribution is 7.26. The van der Waals surface area contributed by atoms with Crippen molar-refractivity contribution in [1.82, 2.24) is 4.57 Å². The summed E-state index contributed by atoms with van der Waals surface area (Å²) in [6, 6.07) is 81.3. The highest BCUT2D eigenvalue weighted by Gasteiger charge is 2.25. The molecule has 3 nitrogen and oxygen atoms in total. The van der Waals surface area contributed by atoms with Crippen LogP contribution in [0.2, 0.25) is 0 Å². The van der Waals surface area contributed by atoms with Gasteiger partial charge in [0, 0.05) is 58.8 Å². The maximum absolute atomic E-state index is 7.06. The van der Waals surface area contributed by atoms with E-state index in [4.69, 9.17) is 4.42 Å². The van der Waals surface area contributed by atoms with Gasteiger partial charge in [-0.2, -0.15) is 0 Å². The van der Waals surface area contributed by atoms with Gasteiger partial charge in [-0.15, -0.1) is 11.3 Å². The predicted molar refractivity (Wildman–Crippen MR) is 277 cm³/mol. The van der Waals surface area contributed by atoms with Gasteiger partial charge >= 0.3 is 0 Å². The molecule has 0 aliphatic rings. The van der Waals surface area contributed by atoms with Crippen molar-refractivity contribution in [2.24, 2.45) is 0 Å². The van der Waals surface area contributed by atoms with Crippen molar-refractivity contribution in [1.29, 1.82) is 0 Å². The Balaban J connectivity index is 1.03. The van der Waals surface area contributed by atoms with Crippen LogP contribution in [0, 0.1) is 6.92 Å². The van der Waals surface area contributed by atoms with Gasteiger partial charge in [0.05, 0.1) is 27.8 Å². The van der Waals surface area contributed by atoms with Crippen molar-refractivity contribution in [2.75, 3.05) is 4.90 Å². The molecule has 0 aliphatic heterocycles. The van der Waals surface area contributed by atoms with Crippen molar-refractivity contribution in [3.05, 3.63) is 230 Å². The molecule has 0 aliphatic carbocycles. The smallest absolute Gasteiger partial charge is 0.145 e. The minimum absolute atomic E-state index is 0.855. The van der Waals surface area contributed by atoms with Crippen molar-refractivity contribution in [3.8, 4) is 39.1 Å². The molecule has 0 saturated carbocycles. The molecule has 0 unspecified atom stereocenters. The molecular formula is C61H40N2OS. The SMILES string of the molecule is Cc1cc(-c2ccccc2)ccc1N(c1ccc(-c2cccc3c2sc2ccccc23)cc1)c1ccc(-c2ccccc2-n2c3ccccc3c3ccccc32)c2oc3ccccc3c12. The molecule has 13 rings (SSSR count). The molecule has 10 aromatic carbocycles. The van der Waals surface area contributed by atoms with E-state index in [1.807, 2.05) is 11.3 Å². The van der Waals surface area contributed by atoms with Crippen LogP contribution in [0.3, 0.4) is 0 Å². The van der Waals surface area contributed by atoms with E-state index >= 15 is 0 Å². The zero-order valence-corrected chi connectivity index (χ0v) is 36.4. The fraction of sp³-hybridized carbons (Fsp3) is 0.0164. The molecule has 0 N–H and O–H groups in total. The van der Waals surface area contributed by atoms with Gasteiger partial charge in [-0.05, 0) is 101 Å². The largest absolute Gasteiger partial charge is 0.455 e. The minimum Gasteiger partial charge on any atom is -0.455 e. The van der Waals surface area contributed by atoms with E-state index in [2.05, 4.69) is 241 Å². The molecule has 0 saturated heterocycles. The third-order valence-electron chi connectivity index (χ3n) is 13.1. The molecule has 0 fully saturated rings. The number of anilines is 3. The number of nitrogens with zero attached hydrogens (tertiary/aromatic N) is 2. The number of fused-ring (bicyclic) bond motifs is 9. The van der Waals surface area contributed by atoms with E-state index in [0.717, 1.165) is 55.8 Å². The summed E-state index contributed by atoms with van der Waals surface area (Å²) in [5.41, 5.74) is 16.5. The highest BCUT2D eigenvalue weighted by Crippen LogP contribution is 2.49. The molecule has 4 heteroatoms. The Morgan fingerprint density at radius 3 is 1.83 bits per heavy atom. The molecule has 0 radical (unpaired) electrons. The molecule has 0 amide bonds. The summed E-state index contributed by atoms with van der Waals surface area (Å²) >= 11 is 1.87. The number of aromatic nitrogens is 1. The topological polar surface area (TPSA) is 21.3 Å². The zero-order valence-electron chi connectivity index (χ0n) is 35.6. The second kappa shape index (κ2) is 15.0. The van der Waals surface area contributed by atoms with Crippen LogP contribution < -0.4 is 4.90 Å². The zero-order chi connectivity index (χ0) is 43.0. The Morgan fingerprint density at radius 1 is 0.431 bits per heavy atom. The standard InChI is InChI=1S/C61H40N2OS/c1-39-38-42(40-16-3-2-4-17-40)32-36-52(39)62(43-33-30-41(31-34-43)44-23-15-24-50-48-21-9-14-29-58(48)65-61(44)50)56-37-35-49(60-59(56)51-22-8-13-28-57(51)64-60)47-20-7-12-27-55(47)63-53-25-10-5-18-45(53)46-19-6-11-26-54(46)63/h2-38H,1H3. The van der Waals surface area contributed by atoms with Gasteiger partial charge in [-0.3, -0.25) is 0 Å². The number of thiophene rings is 1. The Bertz CT molecular complexity index is 3910. The molecule has 0 spiro atoms. The summed E-state index contributed by atoms with van der Waals surface area (Å²) in [7, 11) is 0. The van der Waals surface area contributed by atoms with Crippen LogP contribution in [0.4, 0.5) is 17.1 Å². The number of aryl methyl sites for hydroxylation is 1. The number of benzene rings is 10. The summed E-state index contributed by atoms with van der Waals surface area (Å²) in [6.07, 6.45) is 0. The van der Waals surface area contributed by atoms with Gasteiger partial charge in [-0.1, -0.05) is 158 Å². The second-order valence-corrected chi connectivity index (χ2v) is 17.9. The summed E-state index contributed by atoms with van der Waals surface area (Å²) in [5, 5.41) is 7.23. The van der Waals surface area contributed by atoms with Gasteiger partial charge in [0.15, 0.2) is 0 Å². The molecule has 65 heavy (non-hydrogen) atoms. The van der Waals surface area contributed by atoms with E-state index in [-0.39, 0.29) is 0 Å². The summed E-state index contributed by atoms with van der Waals surface area (Å²) in [5.74, 6) is 0. The van der Waals surface area contributed by atoms with E-state index < -0.39 is 0 Å². The van der Waals surface area contributed by atoms with E-state index in [1.54, 1.807) is 0 Å².